The molecule has 188 valence electrons. The standard InChI is InChI=1S/C30H62O/c1-4-6-8-10-12-13-14-15-16-17-18-19-20-21-22-23-25-27-29-30(3,31)28-26-24-11-9-7-5-2/h31H,4-29H2,1-3H3. The van der Waals surface area contributed by atoms with Crippen molar-refractivity contribution in [3.63, 3.8) is 0 Å². The predicted molar refractivity (Wildman–Crippen MR) is 142 cm³/mol. The summed E-state index contributed by atoms with van der Waals surface area (Å²) >= 11 is 0. The van der Waals surface area contributed by atoms with Crippen LogP contribution in [0.4, 0.5) is 0 Å². The molecule has 0 aromatic carbocycles. The van der Waals surface area contributed by atoms with Crippen LogP contribution in [0, 0.1) is 0 Å². The van der Waals surface area contributed by atoms with Crippen LogP contribution in [0.5, 0.6) is 0 Å². The van der Waals surface area contributed by atoms with Gasteiger partial charge in [-0.1, -0.05) is 168 Å². The highest BCUT2D eigenvalue weighted by Gasteiger charge is 2.18. The summed E-state index contributed by atoms with van der Waals surface area (Å²) in [6.07, 6.45) is 35.5. The third-order valence-corrected chi connectivity index (χ3v) is 7.14. The van der Waals surface area contributed by atoms with Crippen molar-refractivity contribution in [2.24, 2.45) is 0 Å². The van der Waals surface area contributed by atoms with E-state index in [0.717, 1.165) is 12.8 Å². The Balaban J connectivity index is 3.21. The van der Waals surface area contributed by atoms with Crippen LogP contribution >= 0.6 is 0 Å². The van der Waals surface area contributed by atoms with E-state index in [1.165, 1.54) is 154 Å². The average Bonchev–Trinajstić information content (AvgIpc) is 2.75. The summed E-state index contributed by atoms with van der Waals surface area (Å²) in [7, 11) is 0. The van der Waals surface area contributed by atoms with Crippen LogP contribution in [0.1, 0.15) is 188 Å². The molecule has 0 saturated carbocycles. The molecule has 31 heavy (non-hydrogen) atoms. The number of hydrogen-bond acceptors (Lipinski definition) is 1. The molecule has 1 atom stereocenters. The van der Waals surface area contributed by atoms with Crippen molar-refractivity contribution in [1.82, 2.24) is 0 Å². The van der Waals surface area contributed by atoms with E-state index in [1.807, 2.05) is 0 Å². The summed E-state index contributed by atoms with van der Waals surface area (Å²) in [5, 5.41) is 10.6. The van der Waals surface area contributed by atoms with Gasteiger partial charge in [0.15, 0.2) is 0 Å². The Bertz CT molecular complexity index is 322. The topological polar surface area (TPSA) is 20.2 Å². The van der Waals surface area contributed by atoms with Crippen LogP contribution < -0.4 is 0 Å². The van der Waals surface area contributed by atoms with Crippen molar-refractivity contribution in [2.75, 3.05) is 0 Å². The SMILES string of the molecule is CCCCCCCCCCCCCCCCCCCCC(C)(O)CCCCCCCC. The fourth-order valence-electron chi connectivity index (χ4n) is 4.82. The van der Waals surface area contributed by atoms with E-state index in [4.69, 9.17) is 0 Å². The molecule has 1 N–H and O–H groups in total. The average molecular weight is 439 g/mol. The van der Waals surface area contributed by atoms with Gasteiger partial charge in [-0.25, -0.2) is 0 Å². The highest BCUT2D eigenvalue weighted by molar-refractivity contribution is 4.72. The first-order chi connectivity index (χ1) is 15.1. The van der Waals surface area contributed by atoms with Crippen molar-refractivity contribution in [3.05, 3.63) is 0 Å². The molecule has 0 spiro atoms. The Morgan fingerprint density at radius 2 is 0.548 bits per heavy atom. The quantitative estimate of drug-likeness (QED) is 0.133. The van der Waals surface area contributed by atoms with Crippen LogP contribution in [-0.2, 0) is 0 Å². The van der Waals surface area contributed by atoms with E-state index >= 15 is 0 Å². The molecule has 0 aliphatic carbocycles. The van der Waals surface area contributed by atoms with Gasteiger partial charge in [-0.3, -0.25) is 0 Å². The van der Waals surface area contributed by atoms with Gasteiger partial charge in [-0.05, 0) is 19.8 Å². The Kier molecular flexibility index (Phi) is 24.6. The lowest BCUT2D eigenvalue weighted by molar-refractivity contribution is 0.0366. The van der Waals surface area contributed by atoms with Crippen LogP contribution in [-0.4, -0.2) is 10.7 Å². The lowest BCUT2D eigenvalue weighted by Gasteiger charge is -2.23. The minimum Gasteiger partial charge on any atom is -0.390 e. The van der Waals surface area contributed by atoms with Gasteiger partial charge in [0.2, 0.25) is 0 Å². The molecule has 1 nitrogen and oxygen atoms in total. The maximum absolute atomic E-state index is 10.6. The minimum atomic E-state index is -0.417. The largest absolute Gasteiger partial charge is 0.390 e. The van der Waals surface area contributed by atoms with Crippen molar-refractivity contribution in [3.8, 4) is 0 Å². The van der Waals surface area contributed by atoms with Gasteiger partial charge in [-0.15, -0.1) is 0 Å². The zero-order valence-corrected chi connectivity index (χ0v) is 22.3. The number of hydrogen-bond donors (Lipinski definition) is 1. The van der Waals surface area contributed by atoms with Gasteiger partial charge in [0.05, 0.1) is 5.60 Å². The highest BCUT2D eigenvalue weighted by Crippen LogP contribution is 2.23. The highest BCUT2D eigenvalue weighted by atomic mass is 16.3. The molecular formula is C30H62O. The second kappa shape index (κ2) is 24.6. The molecule has 1 unspecified atom stereocenters. The Hall–Kier alpha value is -0.0400. The molecule has 0 radical (unpaired) electrons. The van der Waals surface area contributed by atoms with Crippen LogP contribution in [0.15, 0.2) is 0 Å². The lowest BCUT2D eigenvalue weighted by atomic mass is 9.91. The monoisotopic (exact) mass is 438 g/mol. The summed E-state index contributed by atoms with van der Waals surface area (Å²) in [4.78, 5) is 0. The molecule has 0 bridgehead atoms. The molecule has 0 heterocycles. The number of unbranched alkanes of at least 4 members (excludes halogenated alkanes) is 22. The van der Waals surface area contributed by atoms with Gasteiger partial charge in [0, 0.05) is 0 Å². The second-order valence-electron chi connectivity index (χ2n) is 10.8. The molecule has 0 aromatic heterocycles. The van der Waals surface area contributed by atoms with Gasteiger partial charge in [0.1, 0.15) is 0 Å². The van der Waals surface area contributed by atoms with Crippen molar-refractivity contribution in [1.29, 1.82) is 0 Å². The summed E-state index contributed by atoms with van der Waals surface area (Å²) in [5.41, 5.74) is -0.417. The molecule has 0 amide bonds. The normalized spacial score (nSPS) is 13.5. The zero-order chi connectivity index (χ0) is 22.9. The van der Waals surface area contributed by atoms with Gasteiger partial charge in [-0.2, -0.15) is 0 Å². The maximum Gasteiger partial charge on any atom is 0.0619 e. The maximum atomic E-state index is 10.6. The molecule has 1 heteroatoms. The molecule has 0 aliphatic heterocycles. The first-order valence-electron chi connectivity index (χ1n) is 14.8. The van der Waals surface area contributed by atoms with Crippen molar-refractivity contribution >= 4 is 0 Å². The van der Waals surface area contributed by atoms with E-state index in [9.17, 15) is 5.11 Å². The zero-order valence-electron chi connectivity index (χ0n) is 22.3. The molecule has 0 saturated heterocycles. The summed E-state index contributed by atoms with van der Waals surface area (Å²) in [5.74, 6) is 0. The van der Waals surface area contributed by atoms with Gasteiger partial charge < -0.3 is 5.11 Å². The third-order valence-electron chi connectivity index (χ3n) is 7.14. The van der Waals surface area contributed by atoms with E-state index in [-0.39, 0.29) is 0 Å². The third kappa shape index (κ3) is 26.1. The minimum absolute atomic E-state index is 0.417. The van der Waals surface area contributed by atoms with E-state index in [1.54, 1.807) is 0 Å². The van der Waals surface area contributed by atoms with Crippen LogP contribution in [0.2, 0.25) is 0 Å². The van der Waals surface area contributed by atoms with Crippen molar-refractivity contribution < 1.29 is 5.11 Å². The van der Waals surface area contributed by atoms with E-state index in [2.05, 4.69) is 20.8 Å². The first kappa shape index (κ1) is 31.0. The Morgan fingerprint density at radius 1 is 0.355 bits per heavy atom. The molecule has 0 aliphatic rings. The Morgan fingerprint density at radius 3 is 0.774 bits per heavy atom. The summed E-state index contributed by atoms with van der Waals surface area (Å²) in [6, 6.07) is 0. The Labute approximate surface area is 198 Å². The summed E-state index contributed by atoms with van der Waals surface area (Å²) < 4.78 is 0. The first-order valence-corrected chi connectivity index (χ1v) is 14.8. The van der Waals surface area contributed by atoms with Crippen molar-refractivity contribution in [2.45, 2.75) is 193 Å². The molecule has 0 fully saturated rings. The van der Waals surface area contributed by atoms with Crippen LogP contribution in [0.25, 0.3) is 0 Å². The summed E-state index contributed by atoms with van der Waals surface area (Å²) in [6.45, 7) is 6.63. The second-order valence-corrected chi connectivity index (χ2v) is 10.8. The number of aliphatic hydroxyl groups is 1. The van der Waals surface area contributed by atoms with E-state index in [0.29, 0.717) is 0 Å². The fraction of sp³-hybridized carbons (Fsp3) is 1.00. The molecular weight excluding hydrogens is 376 g/mol. The van der Waals surface area contributed by atoms with E-state index < -0.39 is 5.60 Å². The molecule has 0 rings (SSSR count). The number of rotatable bonds is 26. The van der Waals surface area contributed by atoms with Gasteiger partial charge in [0.25, 0.3) is 0 Å². The predicted octanol–water partition coefficient (Wildman–Crippen LogP) is 10.9. The van der Waals surface area contributed by atoms with Crippen LogP contribution in [0.3, 0.4) is 0 Å². The molecule has 0 aromatic rings. The lowest BCUT2D eigenvalue weighted by Crippen LogP contribution is -2.23. The fourth-order valence-corrected chi connectivity index (χ4v) is 4.82. The van der Waals surface area contributed by atoms with Gasteiger partial charge >= 0.3 is 0 Å². The smallest absolute Gasteiger partial charge is 0.0619 e.